The number of benzene rings is 2. The van der Waals surface area contributed by atoms with Gasteiger partial charge in [0.1, 0.15) is 11.9 Å². The molecule has 2 aromatic rings. The van der Waals surface area contributed by atoms with E-state index in [-0.39, 0.29) is 12.7 Å². The number of carbonyl (C=O) groups is 2. The van der Waals surface area contributed by atoms with Crippen molar-refractivity contribution in [3.8, 4) is 0 Å². The maximum atomic E-state index is 13.3. The molecule has 0 fully saturated rings. The van der Waals surface area contributed by atoms with Crippen molar-refractivity contribution < 1.29 is 36.8 Å². The number of rotatable bonds is 8. The third-order valence-corrected chi connectivity index (χ3v) is 4.33. The summed E-state index contributed by atoms with van der Waals surface area (Å²) >= 11 is 0. The van der Waals surface area contributed by atoms with Crippen molar-refractivity contribution in [2.75, 3.05) is 13.2 Å². The number of ether oxygens (including phenoxy) is 1. The number of halogens is 4. The lowest BCUT2D eigenvalue weighted by atomic mass is 9.90. The highest BCUT2D eigenvalue weighted by Gasteiger charge is 2.39. The second-order valence-electron chi connectivity index (χ2n) is 6.42. The molecule has 0 saturated heterocycles. The molecule has 31 heavy (non-hydrogen) atoms. The summed E-state index contributed by atoms with van der Waals surface area (Å²) < 4.78 is 58.0. The molecule has 0 aliphatic heterocycles. The molecule has 2 aromatic carbocycles. The molecule has 166 valence electrons. The van der Waals surface area contributed by atoms with Gasteiger partial charge in [-0.15, -0.1) is 0 Å². The van der Waals surface area contributed by atoms with Crippen molar-refractivity contribution in [1.29, 1.82) is 0 Å². The van der Waals surface area contributed by atoms with Gasteiger partial charge in [-0.3, -0.25) is 14.9 Å². The SMILES string of the molecule is CCOC(=O)C(NC(=O)c1ccc(F)cc1C(F)(F)F)[C@H](C[N+](=O)[O-])c1ccccc1. The molecule has 0 aliphatic carbocycles. The highest BCUT2D eigenvalue weighted by Crippen LogP contribution is 2.33. The molecule has 0 aromatic heterocycles. The van der Waals surface area contributed by atoms with Gasteiger partial charge in [-0.2, -0.15) is 13.2 Å². The minimum absolute atomic E-state index is 0.129. The van der Waals surface area contributed by atoms with Crippen molar-refractivity contribution in [2.45, 2.75) is 25.1 Å². The van der Waals surface area contributed by atoms with Crippen LogP contribution in [0.4, 0.5) is 17.6 Å². The molecular formula is C20H18F4N2O5. The van der Waals surface area contributed by atoms with Crippen LogP contribution >= 0.6 is 0 Å². The Bertz CT molecular complexity index is 950. The van der Waals surface area contributed by atoms with E-state index in [0.717, 1.165) is 0 Å². The first kappa shape index (κ1) is 23.8. The molecule has 0 heterocycles. The van der Waals surface area contributed by atoms with Crippen LogP contribution in [0.5, 0.6) is 0 Å². The minimum Gasteiger partial charge on any atom is -0.464 e. The van der Waals surface area contributed by atoms with E-state index in [1.54, 1.807) is 18.2 Å². The summed E-state index contributed by atoms with van der Waals surface area (Å²) in [5.74, 6) is -4.84. The molecule has 1 unspecified atom stereocenters. The van der Waals surface area contributed by atoms with Gasteiger partial charge >= 0.3 is 12.1 Å². The van der Waals surface area contributed by atoms with E-state index in [1.165, 1.54) is 19.1 Å². The zero-order chi connectivity index (χ0) is 23.2. The van der Waals surface area contributed by atoms with Crippen LogP contribution in [0.1, 0.15) is 34.3 Å². The highest BCUT2D eigenvalue weighted by atomic mass is 19.4. The maximum Gasteiger partial charge on any atom is 0.417 e. The third-order valence-electron chi connectivity index (χ3n) is 4.33. The Morgan fingerprint density at radius 2 is 1.81 bits per heavy atom. The average Bonchev–Trinajstić information content (AvgIpc) is 2.70. The Morgan fingerprint density at radius 1 is 1.16 bits per heavy atom. The lowest BCUT2D eigenvalue weighted by Crippen LogP contribution is -2.48. The number of hydrogen-bond donors (Lipinski definition) is 1. The van der Waals surface area contributed by atoms with Gasteiger partial charge in [0.25, 0.3) is 5.91 Å². The summed E-state index contributed by atoms with van der Waals surface area (Å²) in [5, 5.41) is 13.3. The normalized spacial score (nSPS) is 13.2. The summed E-state index contributed by atoms with van der Waals surface area (Å²) in [7, 11) is 0. The fourth-order valence-electron chi connectivity index (χ4n) is 2.99. The number of carbonyl (C=O) groups excluding carboxylic acids is 2. The largest absolute Gasteiger partial charge is 0.464 e. The summed E-state index contributed by atoms with van der Waals surface area (Å²) in [6.07, 6.45) is -5.05. The first-order valence-electron chi connectivity index (χ1n) is 9.05. The van der Waals surface area contributed by atoms with Crippen molar-refractivity contribution in [3.05, 3.63) is 81.2 Å². The number of amides is 1. The van der Waals surface area contributed by atoms with Crippen LogP contribution in [-0.4, -0.2) is 36.0 Å². The van der Waals surface area contributed by atoms with E-state index in [0.29, 0.717) is 17.7 Å². The van der Waals surface area contributed by atoms with Gasteiger partial charge in [0.2, 0.25) is 6.54 Å². The number of esters is 1. The summed E-state index contributed by atoms with van der Waals surface area (Å²) in [6, 6.07) is 7.46. The van der Waals surface area contributed by atoms with Gasteiger partial charge < -0.3 is 10.1 Å². The van der Waals surface area contributed by atoms with Crippen LogP contribution in [0.2, 0.25) is 0 Å². The van der Waals surface area contributed by atoms with Crippen molar-refractivity contribution in [1.82, 2.24) is 5.32 Å². The number of nitro groups is 1. The molecule has 11 heteroatoms. The van der Waals surface area contributed by atoms with Crippen LogP contribution < -0.4 is 5.32 Å². The average molecular weight is 442 g/mol. The van der Waals surface area contributed by atoms with Crippen LogP contribution in [-0.2, 0) is 15.7 Å². The van der Waals surface area contributed by atoms with Crippen LogP contribution in [0, 0.1) is 15.9 Å². The molecule has 7 nitrogen and oxygen atoms in total. The Morgan fingerprint density at radius 3 is 2.35 bits per heavy atom. The zero-order valence-electron chi connectivity index (χ0n) is 16.2. The van der Waals surface area contributed by atoms with E-state index in [4.69, 9.17) is 4.74 Å². The van der Waals surface area contributed by atoms with E-state index in [9.17, 15) is 37.3 Å². The van der Waals surface area contributed by atoms with Gasteiger partial charge in [-0.1, -0.05) is 30.3 Å². The van der Waals surface area contributed by atoms with Crippen molar-refractivity contribution in [2.24, 2.45) is 0 Å². The monoisotopic (exact) mass is 442 g/mol. The number of nitrogens with one attached hydrogen (secondary N) is 1. The lowest BCUT2D eigenvalue weighted by Gasteiger charge is -2.25. The van der Waals surface area contributed by atoms with E-state index in [2.05, 4.69) is 5.32 Å². The molecule has 0 radical (unpaired) electrons. The molecule has 2 atom stereocenters. The second kappa shape index (κ2) is 10.0. The standard InChI is InChI=1S/C20H18F4N2O5/c1-2-31-19(28)17(15(11-26(29)30)12-6-4-3-5-7-12)25-18(27)14-9-8-13(21)10-16(14)20(22,23)24/h3-10,15,17H,2,11H2,1H3,(H,25,27)/t15-,17?/m1/s1. The van der Waals surface area contributed by atoms with Gasteiger partial charge in [0.15, 0.2) is 0 Å². The Labute approximate surface area is 174 Å². The molecule has 2 rings (SSSR count). The van der Waals surface area contributed by atoms with Crippen molar-refractivity contribution >= 4 is 11.9 Å². The molecule has 0 aliphatic rings. The zero-order valence-corrected chi connectivity index (χ0v) is 16.2. The number of hydrogen-bond acceptors (Lipinski definition) is 5. The van der Waals surface area contributed by atoms with E-state index >= 15 is 0 Å². The van der Waals surface area contributed by atoms with Gasteiger partial charge in [-0.05, 0) is 30.7 Å². The highest BCUT2D eigenvalue weighted by molar-refractivity contribution is 5.98. The Kier molecular flexibility index (Phi) is 7.67. The lowest BCUT2D eigenvalue weighted by molar-refractivity contribution is -0.483. The predicted octanol–water partition coefficient (Wildman–Crippen LogP) is 3.57. The minimum atomic E-state index is -5.05. The van der Waals surface area contributed by atoms with Crippen molar-refractivity contribution in [3.63, 3.8) is 0 Å². The fourth-order valence-corrected chi connectivity index (χ4v) is 2.99. The maximum absolute atomic E-state index is 13.3. The van der Waals surface area contributed by atoms with Crippen LogP contribution in [0.25, 0.3) is 0 Å². The summed E-state index contributed by atoms with van der Waals surface area (Å²) in [6.45, 7) is 0.530. The van der Waals surface area contributed by atoms with E-state index in [1.807, 2.05) is 0 Å². The summed E-state index contributed by atoms with van der Waals surface area (Å²) in [4.78, 5) is 35.6. The fraction of sp³-hybridized carbons (Fsp3) is 0.300. The topological polar surface area (TPSA) is 98.5 Å². The second-order valence-corrected chi connectivity index (χ2v) is 6.42. The molecule has 0 spiro atoms. The van der Waals surface area contributed by atoms with Crippen LogP contribution in [0.15, 0.2) is 48.5 Å². The predicted molar refractivity (Wildman–Crippen MR) is 100 cm³/mol. The Hall–Kier alpha value is -3.50. The first-order valence-corrected chi connectivity index (χ1v) is 9.05. The Balaban J connectivity index is 2.49. The van der Waals surface area contributed by atoms with Gasteiger partial charge in [0, 0.05) is 4.92 Å². The molecule has 0 bridgehead atoms. The van der Waals surface area contributed by atoms with Crippen LogP contribution in [0.3, 0.4) is 0 Å². The molecule has 1 amide bonds. The van der Waals surface area contributed by atoms with Gasteiger partial charge in [0.05, 0.1) is 23.7 Å². The molecule has 1 N–H and O–H groups in total. The number of nitrogens with zero attached hydrogens (tertiary/aromatic N) is 1. The van der Waals surface area contributed by atoms with Gasteiger partial charge in [-0.25, -0.2) is 9.18 Å². The quantitative estimate of drug-likeness (QED) is 0.292. The van der Waals surface area contributed by atoms with E-state index < -0.39 is 58.4 Å². The molecular weight excluding hydrogens is 424 g/mol. The number of alkyl halides is 3. The molecule has 0 saturated carbocycles. The first-order chi connectivity index (χ1) is 14.5. The summed E-state index contributed by atoms with van der Waals surface area (Å²) in [5.41, 5.74) is -2.18. The smallest absolute Gasteiger partial charge is 0.417 e. The third kappa shape index (κ3) is 6.24.